The predicted molar refractivity (Wildman–Crippen MR) is 106 cm³/mol. The Balaban J connectivity index is 1.62. The topological polar surface area (TPSA) is 71.0 Å². The molecule has 6 nitrogen and oxygen atoms in total. The van der Waals surface area contributed by atoms with Crippen LogP contribution in [-0.2, 0) is 5.41 Å². The minimum atomic E-state index is -0.175. The molecule has 1 N–H and O–H groups in total. The fraction of sp³-hybridized carbons (Fsp3) is 0.300. The molecule has 0 atom stereocenters. The number of piperidine rings is 1. The smallest absolute Gasteiger partial charge is 0.274 e. The molecule has 0 bridgehead atoms. The third kappa shape index (κ3) is 3.30. The van der Waals surface area contributed by atoms with E-state index in [4.69, 9.17) is 4.98 Å². The Bertz CT molecular complexity index is 904. The summed E-state index contributed by atoms with van der Waals surface area (Å²) < 4.78 is 0. The molecular formula is C20H21N5OS. The first-order valence-corrected chi connectivity index (χ1v) is 9.87. The van der Waals surface area contributed by atoms with Crippen LogP contribution in [0.4, 0.5) is 5.13 Å². The first kappa shape index (κ1) is 17.6. The lowest BCUT2D eigenvalue weighted by Gasteiger charge is -2.41. The molecule has 1 amide bonds. The van der Waals surface area contributed by atoms with Gasteiger partial charge in [-0.25, -0.2) is 4.98 Å². The average molecular weight is 379 g/mol. The quantitative estimate of drug-likeness (QED) is 0.754. The van der Waals surface area contributed by atoms with E-state index in [0.717, 1.165) is 23.7 Å². The number of thiazole rings is 1. The number of benzene rings is 1. The van der Waals surface area contributed by atoms with Crippen LogP contribution < -0.4 is 5.32 Å². The summed E-state index contributed by atoms with van der Waals surface area (Å²) in [6.07, 6.45) is 3.24. The number of rotatable bonds is 4. The summed E-state index contributed by atoms with van der Waals surface area (Å²) in [6.45, 7) is 1.33. The molecule has 138 valence electrons. The Kier molecular flexibility index (Phi) is 4.85. The molecule has 2 aromatic heterocycles. The van der Waals surface area contributed by atoms with Crippen molar-refractivity contribution in [2.24, 2.45) is 0 Å². The highest BCUT2D eigenvalue weighted by molar-refractivity contribution is 7.13. The van der Waals surface area contributed by atoms with E-state index >= 15 is 0 Å². The van der Waals surface area contributed by atoms with Crippen molar-refractivity contribution in [3.8, 4) is 0 Å². The van der Waals surface area contributed by atoms with Crippen molar-refractivity contribution in [2.75, 3.05) is 25.5 Å². The van der Waals surface area contributed by atoms with Crippen LogP contribution in [0, 0.1) is 0 Å². The maximum absolute atomic E-state index is 12.7. The molecule has 1 fully saturated rings. The second-order valence-corrected chi connectivity index (χ2v) is 7.50. The zero-order valence-electron chi connectivity index (χ0n) is 15.1. The lowest BCUT2D eigenvalue weighted by atomic mass is 9.70. The monoisotopic (exact) mass is 379 g/mol. The third-order valence-electron chi connectivity index (χ3n) is 5.23. The molecule has 3 heterocycles. The molecular weight excluding hydrogens is 358 g/mol. The minimum absolute atomic E-state index is 0.0565. The number of anilines is 1. The van der Waals surface area contributed by atoms with Crippen LogP contribution in [0.25, 0.3) is 0 Å². The van der Waals surface area contributed by atoms with Gasteiger partial charge in [-0.05, 0) is 30.5 Å². The van der Waals surface area contributed by atoms with Gasteiger partial charge in [0.15, 0.2) is 10.8 Å². The minimum Gasteiger partial charge on any atom is -0.365 e. The second-order valence-electron chi connectivity index (χ2n) is 6.64. The normalized spacial score (nSPS) is 16.1. The van der Waals surface area contributed by atoms with Gasteiger partial charge in [0.25, 0.3) is 5.91 Å². The van der Waals surface area contributed by atoms with E-state index in [-0.39, 0.29) is 11.3 Å². The van der Waals surface area contributed by atoms with Gasteiger partial charge < -0.3 is 10.2 Å². The van der Waals surface area contributed by atoms with Gasteiger partial charge in [-0.1, -0.05) is 30.3 Å². The molecule has 1 saturated heterocycles. The number of carbonyl (C=O) groups is 1. The Morgan fingerprint density at radius 2 is 1.93 bits per heavy atom. The molecule has 1 aliphatic heterocycles. The van der Waals surface area contributed by atoms with E-state index in [2.05, 4.69) is 45.2 Å². The molecule has 27 heavy (non-hydrogen) atoms. The highest BCUT2D eigenvalue weighted by Crippen LogP contribution is 2.42. The third-order valence-corrected chi connectivity index (χ3v) is 6.09. The van der Waals surface area contributed by atoms with E-state index in [1.54, 1.807) is 29.7 Å². The zero-order valence-corrected chi connectivity index (χ0v) is 15.9. The SMILES string of the molecule is CNc1nc(C2(c3ccccc3)CCN(C(=O)c3cccnn3)CC2)cs1. The zero-order chi connectivity index (χ0) is 18.7. The van der Waals surface area contributed by atoms with Crippen molar-refractivity contribution >= 4 is 22.4 Å². The molecule has 4 rings (SSSR count). The highest BCUT2D eigenvalue weighted by atomic mass is 32.1. The number of nitrogens with zero attached hydrogens (tertiary/aromatic N) is 4. The number of hydrogen-bond donors (Lipinski definition) is 1. The maximum atomic E-state index is 12.7. The van der Waals surface area contributed by atoms with E-state index in [1.807, 2.05) is 18.0 Å². The van der Waals surface area contributed by atoms with Gasteiger partial charge in [-0.15, -0.1) is 16.4 Å². The summed E-state index contributed by atoms with van der Waals surface area (Å²) in [5.74, 6) is -0.0565. The van der Waals surface area contributed by atoms with Gasteiger partial charge in [0.1, 0.15) is 0 Å². The number of likely N-dealkylation sites (tertiary alicyclic amines) is 1. The van der Waals surface area contributed by atoms with E-state index in [9.17, 15) is 4.79 Å². The molecule has 0 radical (unpaired) electrons. The lowest BCUT2D eigenvalue weighted by molar-refractivity contribution is 0.0677. The molecule has 7 heteroatoms. The first-order chi connectivity index (χ1) is 13.2. The summed E-state index contributed by atoms with van der Waals surface area (Å²) in [5.41, 5.74) is 2.56. The number of hydrogen-bond acceptors (Lipinski definition) is 6. The van der Waals surface area contributed by atoms with Crippen molar-refractivity contribution < 1.29 is 4.79 Å². The van der Waals surface area contributed by atoms with Crippen molar-refractivity contribution in [1.82, 2.24) is 20.1 Å². The van der Waals surface area contributed by atoms with Crippen LogP contribution in [-0.4, -0.2) is 46.1 Å². The van der Waals surface area contributed by atoms with Crippen LogP contribution >= 0.6 is 11.3 Å². The fourth-order valence-electron chi connectivity index (χ4n) is 3.73. The van der Waals surface area contributed by atoms with E-state index in [1.165, 1.54) is 5.56 Å². The number of carbonyl (C=O) groups excluding carboxylic acids is 1. The Morgan fingerprint density at radius 1 is 1.15 bits per heavy atom. The lowest BCUT2D eigenvalue weighted by Crippen LogP contribution is -2.46. The maximum Gasteiger partial charge on any atom is 0.274 e. The Labute approximate surface area is 162 Å². The molecule has 1 aromatic carbocycles. The van der Waals surface area contributed by atoms with Crippen LogP contribution in [0.5, 0.6) is 0 Å². The molecule has 0 aliphatic carbocycles. The van der Waals surface area contributed by atoms with Crippen molar-refractivity contribution in [1.29, 1.82) is 0 Å². The summed E-state index contributed by atoms with van der Waals surface area (Å²) in [5, 5.41) is 14.0. The fourth-order valence-corrected chi connectivity index (χ4v) is 4.50. The molecule has 0 saturated carbocycles. The van der Waals surface area contributed by atoms with Gasteiger partial charge in [0, 0.05) is 37.1 Å². The summed E-state index contributed by atoms with van der Waals surface area (Å²) in [4.78, 5) is 19.4. The number of nitrogens with one attached hydrogen (secondary N) is 1. The van der Waals surface area contributed by atoms with Crippen molar-refractivity contribution in [2.45, 2.75) is 18.3 Å². The standard InChI is InChI=1S/C20H21N5OS/c1-21-19-23-17(14-27-19)20(15-6-3-2-4-7-15)9-12-25(13-10-20)18(26)16-8-5-11-22-24-16/h2-8,11,14H,9-10,12-13H2,1H3,(H,21,23). The Morgan fingerprint density at radius 3 is 2.56 bits per heavy atom. The molecule has 3 aromatic rings. The van der Waals surface area contributed by atoms with E-state index in [0.29, 0.717) is 18.8 Å². The van der Waals surface area contributed by atoms with Crippen LogP contribution in [0.3, 0.4) is 0 Å². The predicted octanol–water partition coefficient (Wildman–Crippen LogP) is 3.20. The van der Waals surface area contributed by atoms with E-state index < -0.39 is 0 Å². The van der Waals surface area contributed by atoms with Gasteiger partial charge in [-0.2, -0.15) is 5.10 Å². The van der Waals surface area contributed by atoms with Crippen LogP contribution in [0.15, 0.2) is 54.0 Å². The van der Waals surface area contributed by atoms with Crippen molar-refractivity contribution in [3.05, 3.63) is 71.0 Å². The molecule has 1 aliphatic rings. The highest BCUT2D eigenvalue weighted by Gasteiger charge is 2.41. The number of amides is 1. The summed E-state index contributed by atoms with van der Waals surface area (Å²) in [7, 11) is 1.89. The van der Waals surface area contributed by atoms with Gasteiger partial charge >= 0.3 is 0 Å². The summed E-state index contributed by atoms with van der Waals surface area (Å²) in [6, 6.07) is 14.0. The average Bonchev–Trinajstić information content (AvgIpc) is 3.24. The summed E-state index contributed by atoms with van der Waals surface area (Å²) >= 11 is 1.62. The first-order valence-electron chi connectivity index (χ1n) is 8.99. The van der Waals surface area contributed by atoms with Crippen molar-refractivity contribution in [3.63, 3.8) is 0 Å². The molecule has 0 spiro atoms. The molecule has 0 unspecified atom stereocenters. The largest absolute Gasteiger partial charge is 0.365 e. The van der Waals surface area contributed by atoms with Gasteiger partial charge in [-0.3, -0.25) is 4.79 Å². The number of aromatic nitrogens is 3. The Hall–Kier alpha value is -2.80. The van der Waals surface area contributed by atoms with Crippen LogP contribution in [0.2, 0.25) is 0 Å². The van der Waals surface area contributed by atoms with Gasteiger partial charge in [0.05, 0.1) is 5.69 Å². The van der Waals surface area contributed by atoms with Crippen LogP contribution in [0.1, 0.15) is 34.6 Å². The van der Waals surface area contributed by atoms with Gasteiger partial charge in [0.2, 0.25) is 0 Å². The second kappa shape index (κ2) is 7.44.